The zero-order valence-corrected chi connectivity index (χ0v) is 15.1. The van der Waals surface area contributed by atoms with Gasteiger partial charge in [-0.25, -0.2) is 4.79 Å². The molecule has 0 aliphatic heterocycles. The van der Waals surface area contributed by atoms with E-state index in [9.17, 15) is 9.59 Å². The van der Waals surface area contributed by atoms with Gasteiger partial charge in [-0.2, -0.15) is 0 Å². The molecule has 4 nitrogen and oxygen atoms in total. The van der Waals surface area contributed by atoms with Crippen molar-refractivity contribution >= 4 is 35.0 Å². The molecule has 2 rings (SSSR count). The van der Waals surface area contributed by atoms with Crippen LogP contribution >= 0.6 is 23.2 Å². The van der Waals surface area contributed by atoms with Crippen molar-refractivity contribution in [2.45, 2.75) is 49.7 Å². The third kappa shape index (κ3) is 4.11. The zero-order valence-electron chi connectivity index (χ0n) is 13.6. The molecule has 6 heteroatoms. The monoisotopic (exact) mass is 372 g/mol. The summed E-state index contributed by atoms with van der Waals surface area (Å²) in [6, 6.07) is 8.87. The van der Waals surface area contributed by atoms with Crippen LogP contribution in [-0.4, -0.2) is 39.8 Å². The fourth-order valence-corrected chi connectivity index (χ4v) is 3.87. The van der Waals surface area contributed by atoms with Gasteiger partial charge in [0, 0.05) is 11.4 Å². The Labute approximate surface area is 152 Å². The fraction of sp³-hybridized carbons (Fsp3) is 0.556. The zero-order chi connectivity index (χ0) is 17.7. The summed E-state index contributed by atoms with van der Waals surface area (Å²) in [4.78, 5) is 22.8. The highest BCUT2D eigenvalue weighted by molar-refractivity contribution is 6.42. The Morgan fingerprint density at radius 1 is 1.33 bits per heavy atom. The molecule has 0 radical (unpaired) electrons. The third-order valence-electron chi connectivity index (χ3n) is 4.64. The average Bonchev–Trinajstić information content (AvgIpc) is 3.08. The Bertz CT molecular complexity index is 578. The van der Waals surface area contributed by atoms with E-state index in [1.807, 2.05) is 6.07 Å². The predicted octanol–water partition coefficient (Wildman–Crippen LogP) is 4.13. The first kappa shape index (κ1) is 19.2. The van der Waals surface area contributed by atoms with E-state index >= 15 is 0 Å². The number of alkyl halides is 2. The number of aliphatic carboxylic acids is 1. The molecule has 0 bridgehead atoms. The van der Waals surface area contributed by atoms with Crippen molar-refractivity contribution < 1.29 is 19.4 Å². The lowest BCUT2D eigenvalue weighted by Crippen LogP contribution is -2.42. The number of carbonyl (C=O) groups is 2. The first-order valence-electron chi connectivity index (χ1n) is 8.15. The minimum Gasteiger partial charge on any atom is -0.479 e. The van der Waals surface area contributed by atoms with Crippen molar-refractivity contribution in [1.82, 2.24) is 0 Å². The van der Waals surface area contributed by atoms with E-state index in [1.54, 1.807) is 31.2 Å². The number of hydrogen-bond donors (Lipinski definition) is 1. The Morgan fingerprint density at radius 2 is 2.00 bits per heavy atom. The highest BCUT2D eigenvalue weighted by atomic mass is 35.5. The van der Waals surface area contributed by atoms with Gasteiger partial charge in [-0.1, -0.05) is 37.3 Å². The van der Waals surface area contributed by atoms with Crippen molar-refractivity contribution in [3.05, 3.63) is 35.9 Å². The minimum absolute atomic E-state index is 0.00973. The molecule has 0 spiro atoms. The van der Waals surface area contributed by atoms with Crippen LogP contribution in [0.4, 0.5) is 0 Å². The van der Waals surface area contributed by atoms with Crippen molar-refractivity contribution in [1.29, 1.82) is 0 Å². The van der Waals surface area contributed by atoms with E-state index < -0.39 is 16.9 Å². The number of ketones is 1. The second-order valence-electron chi connectivity index (χ2n) is 6.19. The summed E-state index contributed by atoms with van der Waals surface area (Å²) in [5.41, 5.74) is 0.537. The van der Waals surface area contributed by atoms with E-state index in [-0.39, 0.29) is 23.7 Å². The van der Waals surface area contributed by atoms with Gasteiger partial charge in [-0.3, -0.25) is 4.79 Å². The second kappa shape index (κ2) is 8.32. The molecule has 4 atom stereocenters. The fourth-order valence-electron chi connectivity index (χ4n) is 3.23. The van der Waals surface area contributed by atoms with Crippen LogP contribution in [0.2, 0.25) is 0 Å². The van der Waals surface area contributed by atoms with Crippen LogP contribution in [0, 0.1) is 5.92 Å². The molecule has 1 N–H and O–H groups in total. The van der Waals surface area contributed by atoms with Crippen LogP contribution < -0.4 is 0 Å². The molecule has 0 heterocycles. The number of halogens is 2. The smallest absolute Gasteiger partial charge is 0.332 e. The summed E-state index contributed by atoms with van der Waals surface area (Å²) >= 11 is 12.7. The van der Waals surface area contributed by atoms with Gasteiger partial charge in [0.05, 0.1) is 6.10 Å². The van der Waals surface area contributed by atoms with Gasteiger partial charge in [0.1, 0.15) is 4.87 Å². The number of benzene rings is 1. The SMILES string of the molecule is CCC(OC1CCC(C(Cl)(CCl)C(=O)c2ccccc2)C1)C(=O)O. The Kier molecular flexibility index (Phi) is 6.67. The number of carboxylic acids is 1. The lowest BCUT2D eigenvalue weighted by Gasteiger charge is -2.30. The molecule has 1 aliphatic rings. The number of carboxylic acid groups (broad SMARTS) is 1. The van der Waals surface area contributed by atoms with Crippen molar-refractivity contribution in [2.75, 3.05) is 5.88 Å². The maximum Gasteiger partial charge on any atom is 0.332 e. The molecule has 24 heavy (non-hydrogen) atoms. The number of carbonyl (C=O) groups excluding carboxylic acids is 1. The van der Waals surface area contributed by atoms with Gasteiger partial charge in [-0.05, 0) is 31.6 Å². The maximum absolute atomic E-state index is 12.8. The molecule has 1 saturated carbocycles. The molecule has 0 saturated heterocycles. The van der Waals surface area contributed by atoms with E-state index in [2.05, 4.69) is 0 Å². The van der Waals surface area contributed by atoms with Crippen molar-refractivity contribution in [3.63, 3.8) is 0 Å². The van der Waals surface area contributed by atoms with E-state index in [1.165, 1.54) is 0 Å². The molecule has 132 valence electrons. The van der Waals surface area contributed by atoms with Crippen molar-refractivity contribution in [3.8, 4) is 0 Å². The molecular weight excluding hydrogens is 351 g/mol. The van der Waals surface area contributed by atoms with Crippen molar-refractivity contribution in [2.24, 2.45) is 5.92 Å². The summed E-state index contributed by atoms with van der Waals surface area (Å²) in [5, 5.41) is 9.12. The van der Waals surface area contributed by atoms with Crippen LogP contribution in [0.15, 0.2) is 30.3 Å². The number of rotatable bonds is 8. The van der Waals surface area contributed by atoms with Gasteiger partial charge in [-0.15, -0.1) is 23.2 Å². The summed E-state index contributed by atoms with van der Waals surface area (Å²) in [7, 11) is 0. The normalized spacial score (nSPS) is 24.3. The topological polar surface area (TPSA) is 63.6 Å². The standard InChI is InChI=1S/C18H22Cl2O4/c1-2-15(17(22)23)24-14-9-8-13(10-14)18(20,11-19)16(21)12-6-4-3-5-7-12/h3-7,13-15H,2,8-11H2,1H3,(H,22,23). The molecule has 1 fully saturated rings. The van der Waals surface area contributed by atoms with Crippen LogP contribution in [0.25, 0.3) is 0 Å². The average molecular weight is 373 g/mol. The summed E-state index contributed by atoms with van der Waals surface area (Å²) in [5.74, 6) is -1.28. The summed E-state index contributed by atoms with van der Waals surface area (Å²) in [6.07, 6.45) is 1.29. The second-order valence-corrected chi connectivity index (χ2v) is 7.14. The van der Waals surface area contributed by atoms with Gasteiger partial charge < -0.3 is 9.84 Å². The minimum atomic E-state index is -1.19. The van der Waals surface area contributed by atoms with Gasteiger partial charge in [0.2, 0.25) is 0 Å². The Hall–Kier alpha value is -1.10. The highest BCUT2D eigenvalue weighted by Crippen LogP contribution is 2.42. The van der Waals surface area contributed by atoms with Crippen LogP contribution in [-0.2, 0) is 9.53 Å². The van der Waals surface area contributed by atoms with E-state index in [0.717, 1.165) is 0 Å². The predicted molar refractivity (Wildman–Crippen MR) is 94.0 cm³/mol. The number of ether oxygens (including phenoxy) is 1. The quantitative estimate of drug-likeness (QED) is 0.550. The van der Waals surface area contributed by atoms with Crippen LogP contribution in [0.5, 0.6) is 0 Å². The summed E-state index contributed by atoms with van der Waals surface area (Å²) < 4.78 is 5.66. The largest absolute Gasteiger partial charge is 0.479 e. The van der Waals surface area contributed by atoms with Gasteiger partial charge in [0.25, 0.3) is 0 Å². The highest BCUT2D eigenvalue weighted by Gasteiger charge is 2.47. The van der Waals surface area contributed by atoms with Crippen LogP contribution in [0.3, 0.4) is 0 Å². The molecule has 1 aromatic rings. The van der Waals surface area contributed by atoms with Gasteiger partial charge in [0.15, 0.2) is 11.9 Å². The van der Waals surface area contributed by atoms with E-state index in [0.29, 0.717) is 31.2 Å². The molecule has 1 aliphatic carbocycles. The van der Waals surface area contributed by atoms with Crippen LogP contribution in [0.1, 0.15) is 43.0 Å². The molecule has 1 aromatic carbocycles. The Morgan fingerprint density at radius 3 is 2.54 bits per heavy atom. The van der Waals surface area contributed by atoms with Gasteiger partial charge >= 0.3 is 5.97 Å². The number of hydrogen-bond acceptors (Lipinski definition) is 3. The molecular formula is C18H22Cl2O4. The lowest BCUT2D eigenvalue weighted by molar-refractivity contribution is -0.154. The first-order chi connectivity index (χ1) is 11.4. The molecule has 0 amide bonds. The lowest BCUT2D eigenvalue weighted by atomic mass is 9.85. The van der Waals surface area contributed by atoms with E-state index in [4.69, 9.17) is 33.0 Å². The maximum atomic E-state index is 12.8. The summed E-state index contributed by atoms with van der Waals surface area (Å²) in [6.45, 7) is 1.77. The first-order valence-corrected chi connectivity index (χ1v) is 9.06. The number of Topliss-reactive ketones (excluding diaryl/α,β-unsaturated/α-hetero) is 1. The molecule has 4 unspecified atom stereocenters. The molecule has 0 aromatic heterocycles. The Balaban J connectivity index is 2.09. The third-order valence-corrected chi connectivity index (χ3v) is 5.81.